The Morgan fingerprint density at radius 3 is 2.59 bits per heavy atom. The van der Waals surface area contributed by atoms with Crippen LogP contribution in [0.1, 0.15) is 77.1 Å². The van der Waals surface area contributed by atoms with Crippen molar-refractivity contribution in [3.63, 3.8) is 0 Å². The van der Waals surface area contributed by atoms with Crippen LogP contribution in [0.5, 0.6) is 0 Å². The van der Waals surface area contributed by atoms with Gasteiger partial charge in [-0.15, -0.1) is 0 Å². The fraction of sp³-hybridized carbons (Fsp3) is 0.667. The Bertz CT molecular complexity index is 778. The molecule has 3 atom stereocenters. The highest BCUT2D eigenvalue weighted by atomic mass is 19.1. The van der Waals surface area contributed by atoms with E-state index in [-0.39, 0.29) is 40.7 Å². The molecule has 3 unspecified atom stereocenters. The van der Waals surface area contributed by atoms with E-state index in [0.29, 0.717) is 12.6 Å². The Labute approximate surface area is 174 Å². The monoisotopic (exact) mass is 402 g/mol. The number of nitrogens with zero attached hydrogens (tertiary/aromatic N) is 2. The van der Waals surface area contributed by atoms with Crippen LogP contribution in [0.2, 0.25) is 0 Å². The van der Waals surface area contributed by atoms with Gasteiger partial charge in [-0.1, -0.05) is 39.8 Å². The molecule has 0 spiro atoms. The smallest absolute Gasteiger partial charge is 0.257 e. The number of fused-ring (bicyclic) bond motifs is 2. The van der Waals surface area contributed by atoms with Crippen LogP contribution in [0.25, 0.3) is 0 Å². The number of carbonyl (C=O) groups excluding carboxylic acids is 2. The normalized spacial score (nSPS) is 26.3. The van der Waals surface area contributed by atoms with E-state index in [2.05, 4.69) is 25.7 Å². The van der Waals surface area contributed by atoms with Crippen LogP contribution >= 0.6 is 0 Å². The highest BCUT2D eigenvalue weighted by molar-refractivity contribution is 5.95. The fourth-order valence-corrected chi connectivity index (χ4v) is 5.64. The molecule has 2 fully saturated rings. The molecular formula is C24H35FN2O2. The second kappa shape index (κ2) is 8.08. The lowest BCUT2D eigenvalue weighted by molar-refractivity contribution is -0.132. The molecule has 29 heavy (non-hydrogen) atoms. The molecule has 0 aromatic heterocycles. The van der Waals surface area contributed by atoms with E-state index in [9.17, 15) is 14.0 Å². The van der Waals surface area contributed by atoms with Crippen molar-refractivity contribution in [1.82, 2.24) is 9.80 Å². The third-order valence-corrected chi connectivity index (χ3v) is 6.79. The minimum atomic E-state index is -0.513. The van der Waals surface area contributed by atoms with Crippen LogP contribution in [-0.2, 0) is 4.79 Å². The van der Waals surface area contributed by atoms with E-state index >= 15 is 0 Å². The van der Waals surface area contributed by atoms with Crippen LogP contribution in [0.4, 0.5) is 4.39 Å². The van der Waals surface area contributed by atoms with Gasteiger partial charge in [0, 0.05) is 31.6 Å². The van der Waals surface area contributed by atoms with Crippen molar-refractivity contribution < 1.29 is 14.0 Å². The Kier molecular flexibility index (Phi) is 6.07. The molecule has 2 aliphatic rings. The number of hydrogen-bond donors (Lipinski definition) is 0. The zero-order valence-electron chi connectivity index (χ0n) is 18.5. The molecule has 2 amide bonds. The van der Waals surface area contributed by atoms with Crippen molar-refractivity contribution in [2.75, 3.05) is 13.1 Å². The Morgan fingerprint density at radius 2 is 1.93 bits per heavy atom. The first kappa shape index (κ1) is 21.8. The summed E-state index contributed by atoms with van der Waals surface area (Å²) in [5.41, 5.74) is 0.532. The summed E-state index contributed by atoms with van der Waals surface area (Å²) < 4.78 is 14.2. The van der Waals surface area contributed by atoms with Gasteiger partial charge >= 0.3 is 0 Å². The molecule has 1 aliphatic heterocycles. The molecule has 1 heterocycles. The lowest BCUT2D eigenvalue weighted by Gasteiger charge is -2.39. The lowest BCUT2D eigenvalue weighted by atomic mass is 9.65. The highest BCUT2D eigenvalue weighted by Crippen LogP contribution is 2.52. The summed E-state index contributed by atoms with van der Waals surface area (Å²) in [6, 6.07) is 6.32. The van der Waals surface area contributed by atoms with E-state index in [4.69, 9.17) is 0 Å². The molecule has 1 saturated carbocycles. The molecule has 5 heteroatoms. The van der Waals surface area contributed by atoms with Crippen molar-refractivity contribution in [3.8, 4) is 0 Å². The molecule has 3 rings (SSSR count). The fourth-order valence-electron chi connectivity index (χ4n) is 5.64. The zero-order valence-corrected chi connectivity index (χ0v) is 18.5. The average molecular weight is 403 g/mol. The number of carbonyl (C=O) groups is 2. The number of likely N-dealkylation sites (tertiary alicyclic amines) is 1. The van der Waals surface area contributed by atoms with Crippen molar-refractivity contribution >= 4 is 11.8 Å². The summed E-state index contributed by atoms with van der Waals surface area (Å²) in [7, 11) is 0. The predicted molar refractivity (Wildman–Crippen MR) is 113 cm³/mol. The van der Waals surface area contributed by atoms with Gasteiger partial charge in [-0.3, -0.25) is 9.59 Å². The lowest BCUT2D eigenvalue weighted by Crippen LogP contribution is -2.43. The van der Waals surface area contributed by atoms with E-state index in [1.165, 1.54) is 12.1 Å². The first-order valence-corrected chi connectivity index (χ1v) is 10.9. The van der Waals surface area contributed by atoms with Gasteiger partial charge in [0.1, 0.15) is 5.82 Å². The van der Waals surface area contributed by atoms with Gasteiger partial charge in [-0.25, -0.2) is 4.39 Å². The molecular weight excluding hydrogens is 367 g/mol. The molecule has 0 radical (unpaired) electrons. The summed E-state index contributed by atoms with van der Waals surface area (Å²) in [5.74, 6) is -0.731. The zero-order chi connectivity index (χ0) is 21.4. The van der Waals surface area contributed by atoms with E-state index < -0.39 is 5.82 Å². The van der Waals surface area contributed by atoms with Crippen molar-refractivity contribution in [1.29, 1.82) is 0 Å². The van der Waals surface area contributed by atoms with Gasteiger partial charge in [-0.2, -0.15) is 0 Å². The number of halogens is 1. The first-order valence-electron chi connectivity index (χ1n) is 10.9. The summed E-state index contributed by atoms with van der Waals surface area (Å²) >= 11 is 0. The summed E-state index contributed by atoms with van der Waals surface area (Å²) in [6.45, 7) is 12.0. The second-order valence-electron chi connectivity index (χ2n) is 10.2. The maximum atomic E-state index is 14.2. The van der Waals surface area contributed by atoms with E-state index in [1.807, 2.05) is 13.8 Å². The van der Waals surface area contributed by atoms with Crippen LogP contribution in [0.15, 0.2) is 24.3 Å². The third-order valence-electron chi connectivity index (χ3n) is 6.79. The highest BCUT2D eigenvalue weighted by Gasteiger charge is 2.50. The minimum absolute atomic E-state index is 0.0517. The molecule has 4 nitrogen and oxygen atoms in total. The standard InChI is InChI=1S/C24H35FN2O2/c1-6-17(2)26(22(29)19-9-7-8-10-20(19)25)12-11-21(28)27-16-24(5)14-18(27)13-23(3,4)15-24/h7-10,17-18H,6,11-16H2,1-5H3. The maximum Gasteiger partial charge on any atom is 0.257 e. The number of rotatable bonds is 6. The number of amides is 2. The van der Waals surface area contributed by atoms with Gasteiger partial charge in [0.15, 0.2) is 0 Å². The Morgan fingerprint density at radius 1 is 1.24 bits per heavy atom. The molecule has 2 bridgehead atoms. The van der Waals surface area contributed by atoms with E-state index in [0.717, 1.165) is 32.2 Å². The summed E-state index contributed by atoms with van der Waals surface area (Å²) in [6.07, 6.45) is 4.30. The number of benzene rings is 1. The second-order valence-corrected chi connectivity index (χ2v) is 10.2. The summed E-state index contributed by atoms with van der Waals surface area (Å²) in [4.78, 5) is 29.8. The predicted octanol–water partition coefficient (Wildman–Crippen LogP) is 4.88. The van der Waals surface area contributed by atoms with Crippen molar-refractivity contribution in [2.45, 2.75) is 78.8 Å². The van der Waals surface area contributed by atoms with Gasteiger partial charge in [0.05, 0.1) is 5.56 Å². The number of hydrogen-bond acceptors (Lipinski definition) is 2. The van der Waals surface area contributed by atoms with Crippen molar-refractivity contribution in [2.24, 2.45) is 10.8 Å². The van der Waals surface area contributed by atoms with Crippen molar-refractivity contribution in [3.05, 3.63) is 35.6 Å². The minimum Gasteiger partial charge on any atom is -0.339 e. The molecule has 1 aliphatic carbocycles. The Hall–Kier alpha value is -1.91. The molecule has 160 valence electrons. The molecule has 1 saturated heterocycles. The van der Waals surface area contributed by atoms with Gasteiger partial charge in [-0.05, 0) is 55.6 Å². The van der Waals surface area contributed by atoms with Crippen LogP contribution in [0, 0.1) is 16.6 Å². The first-order chi connectivity index (χ1) is 13.6. The summed E-state index contributed by atoms with van der Waals surface area (Å²) in [5, 5.41) is 0. The maximum absolute atomic E-state index is 14.2. The molecule has 0 N–H and O–H groups in total. The quantitative estimate of drug-likeness (QED) is 0.680. The van der Waals surface area contributed by atoms with Crippen LogP contribution in [0.3, 0.4) is 0 Å². The Balaban J connectivity index is 1.69. The average Bonchev–Trinajstić information content (AvgIpc) is 2.90. The molecule has 1 aromatic carbocycles. The SMILES string of the molecule is CCC(C)N(CCC(=O)N1CC2(C)CC1CC(C)(C)C2)C(=O)c1ccccc1F. The van der Waals surface area contributed by atoms with Gasteiger partial charge in [0.25, 0.3) is 5.91 Å². The largest absolute Gasteiger partial charge is 0.339 e. The van der Waals surface area contributed by atoms with Gasteiger partial charge in [0.2, 0.25) is 5.91 Å². The van der Waals surface area contributed by atoms with E-state index in [1.54, 1.807) is 17.0 Å². The topological polar surface area (TPSA) is 40.6 Å². The molecule has 1 aromatic rings. The third kappa shape index (κ3) is 4.65. The van der Waals surface area contributed by atoms with Gasteiger partial charge < -0.3 is 9.80 Å². The van der Waals surface area contributed by atoms with Crippen LogP contribution < -0.4 is 0 Å². The van der Waals surface area contributed by atoms with Crippen LogP contribution in [-0.4, -0.2) is 46.8 Å².